The predicted octanol–water partition coefficient (Wildman–Crippen LogP) is 3.84. The average molecular weight is 402 g/mol. The lowest BCUT2D eigenvalue weighted by Crippen LogP contribution is -2.47. The predicted molar refractivity (Wildman–Crippen MR) is 114 cm³/mol. The van der Waals surface area contributed by atoms with Gasteiger partial charge in [0.1, 0.15) is 12.5 Å². The van der Waals surface area contributed by atoms with Gasteiger partial charge >= 0.3 is 0 Å². The number of rotatable bonds is 4. The maximum atomic E-state index is 13.2. The van der Waals surface area contributed by atoms with Gasteiger partial charge in [-0.05, 0) is 36.6 Å². The smallest absolute Gasteiger partial charge is 0.150 e. The molecule has 2 saturated heterocycles. The van der Waals surface area contributed by atoms with Gasteiger partial charge in [0.05, 0.1) is 17.3 Å². The van der Waals surface area contributed by atoms with Crippen molar-refractivity contribution in [3.05, 3.63) is 54.0 Å². The van der Waals surface area contributed by atoms with Crippen LogP contribution >= 0.6 is 0 Å². The monoisotopic (exact) mass is 402 g/mol. The molecule has 6 nitrogen and oxygen atoms in total. The molecule has 0 saturated carbocycles. The minimum atomic E-state index is -0.481. The van der Waals surface area contributed by atoms with E-state index in [1.54, 1.807) is 18.5 Å². The van der Waals surface area contributed by atoms with Gasteiger partial charge in [0.25, 0.3) is 0 Å². The molecule has 0 bridgehead atoms. The van der Waals surface area contributed by atoms with Crippen molar-refractivity contribution in [1.29, 1.82) is 5.26 Å². The van der Waals surface area contributed by atoms with Crippen LogP contribution in [0.15, 0.2) is 42.7 Å². The van der Waals surface area contributed by atoms with Crippen LogP contribution in [-0.2, 0) is 6.67 Å². The molecule has 2 aliphatic heterocycles. The lowest BCUT2D eigenvalue weighted by Gasteiger charge is -2.41. The molecule has 3 aromatic rings. The third kappa shape index (κ3) is 3.32. The Bertz CT molecular complexity index is 1100. The van der Waals surface area contributed by atoms with Crippen molar-refractivity contribution < 1.29 is 4.39 Å². The molecule has 7 heteroatoms. The molecule has 30 heavy (non-hydrogen) atoms. The van der Waals surface area contributed by atoms with Crippen LogP contribution in [0.2, 0.25) is 0 Å². The lowest BCUT2D eigenvalue weighted by molar-refractivity contribution is 0.473. The third-order valence-corrected chi connectivity index (χ3v) is 6.23. The molecule has 0 spiro atoms. The molecule has 2 aliphatic rings. The summed E-state index contributed by atoms with van der Waals surface area (Å²) in [5.41, 5.74) is 2.54. The summed E-state index contributed by atoms with van der Waals surface area (Å²) in [5, 5.41) is 10.0. The van der Waals surface area contributed by atoms with Gasteiger partial charge in [0.15, 0.2) is 5.82 Å². The Morgan fingerprint density at radius 3 is 2.60 bits per heavy atom. The van der Waals surface area contributed by atoms with Crippen molar-refractivity contribution >= 4 is 22.5 Å². The van der Waals surface area contributed by atoms with Crippen LogP contribution in [-0.4, -0.2) is 41.1 Å². The van der Waals surface area contributed by atoms with Crippen molar-refractivity contribution in [3.8, 4) is 6.07 Å². The quantitative estimate of drug-likeness (QED) is 0.661. The van der Waals surface area contributed by atoms with E-state index in [2.05, 4.69) is 25.8 Å². The molecule has 152 valence electrons. The standard InChI is InChI=1S/C23H23FN6/c24-12-17-2-1-3-20-19(17)4-5-21(28-20)30-14-18(15-30)22-23(27-9-8-26-22)29-10-6-16(13-25)7-11-29/h1-5,8-9,16,18H,6-7,10-12,14-15H2. The van der Waals surface area contributed by atoms with E-state index in [9.17, 15) is 4.39 Å². The summed E-state index contributed by atoms with van der Waals surface area (Å²) in [5.74, 6) is 2.32. The van der Waals surface area contributed by atoms with Crippen molar-refractivity contribution in [2.24, 2.45) is 5.92 Å². The molecule has 0 aliphatic carbocycles. The van der Waals surface area contributed by atoms with E-state index >= 15 is 0 Å². The molecule has 0 radical (unpaired) electrons. The number of hydrogen-bond donors (Lipinski definition) is 0. The summed E-state index contributed by atoms with van der Waals surface area (Å²) in [4.78, 5) is 18.5. The number of benzene rings is 1. The van der Waals surface area contributed by atoms with Crippen LogP contribution in [0, 0.1) is 17.2 Å². The number of nitrogens with zero attached hydrogens (tertiary/aromatic N) is 6. The number of nitriles is 1. The van der Waals surface area contributed by atoms with Crippen molar-refractivity contribution in [2.75, 3.05) is 36.0 Å². The van der Waals surface area contributed by atoms with Gasteiger partial charge in [-0.2, -0.15) is 5.26 Å². The van der Waals surface area contributed by atoms with E-state index in [0.717, 1.165) is 67.3 Å². The fourth-order valence-electron chi connectivity index (χ4n) is 4.43. The van der Waals surface area contributed by atoms with Crippen molar-refractivity contribution in [3.63, 3.8) is 0 Å². The maximum Gasteiger partial charge on any atom is 0.150 e. The van der Waals surface area contributed by atoms with E-state index in [0.29, 0.717) is 11.5 Å². The zero-order chi connectivity index (χ0) is 20.5. The summed E-state index contributed by atoms with van der Waals surface area (Å²) in [6, 6.07) is 11.9. The number of anilines is 2. The highest BCUT2D eigenvalue weighted by Crippen LogP contribution is 2.35. The molecular formula is C23H23FN6. The number of halogens is 1. The minimum Gasteiger partial charge on any atom is -0.355 e. The zero-order valence-corrected chi connectivity index (χ0v) is 16.7. The van der Waals surface area contributed by atoms with E-state index in [4.69, 9.17) is 10.2 Å². The first-order valence-corrected chi connectivity index (χ1v) is 10.4. The van der Waals surface area contributed by atoms with Crippen molar-refractivity contribution in [1.82, 2.24) is 15.0 Å². The van der Waals surface area contributed by atoms with Gasteiger partial charge in [0, 0.05) is 55.8 Å². The molecule has 0 amide bonds. The van der Waals surface area contributed by atoms with Crippen LogP contribution in [0.1, 0.15) is 30.0 Å². The summed E-state index contributed by atoms with van der Waals surface area (Å²) in [6.45, 7) is 2.89. The van der Waals surface area contributed by atoms with Crippen LogP contribution in [0.4, 0.5) is 16.0 Å². The van der Waals surface area contributed by atoms with Crippen LogP contribution < -0.4 is 9.80 Å². The number of hydrogen-bond acceptors (Lipinski definition) is 6. The van der Waals surface area contributed by atoms with Gasteiger partial charge in [-0.3, -0.25) is 4.98 Å². The van der Waals surface area contributed by atoms with Crippen molar-refractivity contribution in [2.45, 2.75) is 25.4 Å². The normalized spacial score (nSPS) is 17.7. The molecule has 4 heterocycles. The second kappa shape index (κ2) is 7.86. The molecule has 2 fully saturated rings. The van der Waals surface area contributed by atoms with E-state index in [-0.39, 0.29) is 5.92 Å². The number of piperidine rings is 1. The van der Waals surface area contributed by atoms with Crippen LogP contribution in [0.25, 0.3) is 10.9 Å². The molecule has 0 atom stereocenters. The summed E-state index contributed by atoms with van der Waals surface area (Å²) in [6.07, 6.45) is 5.27. The van der Waals surface area contributed by atoms with E-state index in [1.165, 1.54) is 0 Å². The zero-order valence-electron chi connectivity index (χ0n) is 16.7. The second-order valence-electron chi connectivity index (χ2n) is 8.04. The fourth-order valence-corrected chi connectivity index (χ4v) is 4.43. The molecule has 5 rings (SSSR count). The molecule has 1 aromatic carbocycles. The second-order valence-corrected chi connectivity index (χ2v) is 8.04. The highest BCUT2D eigenvalue weighted by atomic mass is 19.1. The summed E-state index contributed by atoms with van der Waals surface area (Å²) < 4.78 is 13.2. The molecular weight excluding hydrogens is 379 g/mol. The Kier molecular flexibility index (Phi) is 4.91. The third-order valence-electron chi connectivity index (χ3n) is 6.23. The molecule has 2 aromatic heterocycles. The summed E-state index contributed by atoms with van der Waals surface area (Å²) >= 11 is 0. The number of alkyl halides is 1. The summed E-state index contributed by atoms with van der Waals surface area (Å²) in [7, 11) is 0. The van der Waals surface area contributed by atoms with Crippen LogP contribution in [0.5, 0.6) is 0 Å². The number of fused-ring (bicyclic) bond motifs is 1. The first-order valence-electron chi connectivity index (χ1n) is 10.4. The highest BCUT2D eigenvalue weighted by Gasteiger charge is 2.34. The Labute approximate surface area is 175 Å². The van der Waals surface area contributed by atoms with Gasteiger partial charge in [-0.1, -0.05) is 12.1 Å². The fraction of sp³-hybridized carbons (Fsp3) is 0.391. The lowest BCUT2D eigenvalue weighted by atomic mass is 9.94. The van der Waals surface area contributed by atoms with Crippen LogP contribution in [0.3, 0.4) is 0 Å². The minimum absolute atomic E-state index is 0.150. The SMILES string of the molecule is N#CC1CCN(c2nccnc2C2CN(c3ccc4c(CF)cccc4n3)C2)CC1. The van der Waals surface area contributed by atoms with Gasteiger partial charge in [-0.25, -0.2) is 14.4 Å². The Morgan fingerprint density at radius 1 is 1.03 bits per heavy atom. The topological polar surface area (TPSA) is 68.9 Å². The Hall–Kier alpha value is -3.27. The first kappa shape index (κ1) is 18.7. The van der Waals surface area contributed by atoms with E-state index in [1.807, 2.05) is 24.3 Å². The Morgan fingerprint density at radius 2 is 1.83 bits per heavy atom. The van der Waals surface area contributed by atoms with E-state index < -0.39 is 6.67 Å². The maximum absolute atomic E-state index is 13.2. The van der Waals surface area contributed by atoms with Gasteiger partial charge in [-0.15, -0.1) is 0 Å². The molecule has 0 N–H and O–H groups in total. The highest BCUT2D eigenvalue weighted by molar-refractivity contribution is 5.83. The Balaban J connectivity index is 1.32. The largest absolute Gasteiger partial charge is 0.355 e. The van der Waals surface area contributed by atoms with Gasteiger partial charge < -0.3 is 9.80 Å². The van der Waals surface area contributed by atoms with Gasteiger partial charge in [0.2, 0.25) is 0 Å². The molecule has 0 unspecified atom stereocenters. The number of pyridine rings is 1. The number of aromatic nitrogens is 3. The first-order chi connectivity index (χ1) is 14.8. The average Bonchev–Trinajstić information content (AvgIpc) is 2.78.